The van der Waals surface area contributed by atoms with Crippen LogP contribution in [-0.2, 0) is 13.1 Å². The monoisotopic (exact) mass is 195 g/mol. The highest BCUT2D eigenvalue weighted by Crippen LogP contribution is 2.34. The van der Waals surface area contributed by atoms with Gasteiger partial charge in [-0.3, -0.25) is 4.90 Å². The molecule has 0 unspecified atom stereocenters. The number of hydrogen-bond donors (Lipinski definition) is 0. The van der Waals surface area contributed by atoms with Gasteiger partial charge in [0.1, 0.15) is 0 Å². The summed E-state index contributed by atoms with van der Waals surface area (Å²) in [5, 5.41) is 0. The molecule has 0 spiro atoms. The molecule has 0 N–H and O–H groups in total. The van der Waals surface area contributed by atoms with E-state index in [1.165, 1.54) is 25.9 Å². The van der Waals surface area contributed by atoms with Crippen molar-refractivity contribution in [1.82, 2.24) is 4.90 Å². The lowest BCUT2D eigenvalue weighted by Gasteiger charge is -2.11. The van der Waals surface area contributed by atoms with E-state index in [1.54, 1.807) is 11.1 Å². The molecule has 0 bridgehead atoms. The highest BCUT2D eigenvalue weighted by molar-refractivity contribution is 5.85. The van der Waals surface area contributed by atoms with Gasteiger partial charge in [-0.1, -0.05) is 24.3 Å². The summed E-state index contributed by atoms with van der Waals surface area (Å²) in [6.45, 7) is 2.39. The fourth-order valence-electron chi connectivity index (χ4n) is 2.06. The van der Waals surface area contributed by atoms with E-state index in [0.717, 1.165) is 6.04 Å². The Morgan fingerprint density at radius 1 is 1.00 bits per heavy atom. The minimum absolute atomic E-state index is 0. The van der Waals surface area contributed by atoms with Crippen molar-refractivity contribution in [1.29, 1.82) is 0 Å². The molecule has 1 nitrogen and oxygen atoms in total. The number of nitrogens with zero attached hydrogens (tertiary/aromatic N) is 1. The van der Waals surface area contributed by atoms with Crippen LogP contribution in [0.5, 0.6) is 0 Å². The quantitative estimate of drug-likeness (QED) is 0.666. The molecule has 1 aliphatic heterocycles. The van der Waals surface area contributed by atoms with Crippen molar-refractivity contribution in [3.63, 3.8) is 0 Å². The number of rotatable bonds is 1. The van der Waals surface area contributed by atoms with Gasteiger partial charge in [-0.15, -0.1) is 12.4 Å². The van der Waals surface area contributed by atoms with Gasteiger partial charge < -0.3 is 0 Å². The lowest BCUT2D eigenvalue weighted by Crippen LogP contribution is -2.18. The van der Waals surface area contributed by atoms with Crippen molar-refractivity contribution < 1.29 is 0 Å². The number of benzene rings is 1. The Kier molecular flexibility index (Phi) is 2.31. The van der Waals surface area contributed by atoms with Crippen LogP contribution in [0.3, 0.4) is 0 Å². The van der Waals surface area contributed by atoms with E-state index in [0.29, 0.717) is 0 Å². The maximum Gasteiger partial charge on any atom is 0.0243 e. The fourth-order valence-corrected chi connectivity index (χ4v) is 2.06. The third-order valence-corrected chi connectivity index (χ3v) is 2.93. The van der Waals surface area contributed by atoms with E-state index in [-0.39, 0.29) is 12.4 Å². The van der Waals surface area contributed by atoms with Gasteiger partial charge in [-0.05, 0) is 24.0 Å². The van der Waals surface area contributed by atoms with Gasteiger partial charge in [0.2, 0.25) is 0 Å². The van der Waals surface area contributed by atoms with Gasteiger partial charge in [0.15, 0.2) is 0 Å². The number of fused-ring (bicyclic) bond motifs is 1. The number of halogens is 1. The first-order valence-corrected chi connectivity index (χ1v) is 4.74. The van der Waals surface area contributed by atoms with Crippen LogP contribution in [0.25, 0.3) is 0 Å². The van der Waals surface area contributed by atoms with Crippen LogP contribution < -0.4 is 0 Å². The van der Waals surface area contributed by atoms with Crippen molar-refractivity contribution in [2.24, 2.45) is 0 Å². The van der Waals surface area contributed by atoms with Crippen LogP contribution >= 0.6 is 12.4 Å². The van der Waals surface area contributed by atoms with Crippen molar-refractivity contribution in [2.45, 2.75) is 32.0 Å². The molecule has 0 saturated heterocycles. The lowest BCUT2D eigenvalue weighted by molar-refractivity contribution is 0.273. The Labute approximate surface area is 85.2 Å². The van der Waals surface area contributed by atoms with E-state index < -0.39 is 0 Å². The van der Waals surface area contributed by atoms with Crippen molar-refractivity contribution in [2.75, 3.05) is 0 Å². The lowest BCUT2D eigenvalue weighted by atomic mass is 10.1. The minimum atomic E-state index is 0. The SMILES string of the molecule is Cl.c1ccc2c(c1)CN(C1CC1)C2. The summed E-state index contributed by atoms with van der Waals surface area (Å²) in [5.74, 6) is 0. The van der Waals surface area contributed by atoms with Gasteiger partial charge >= 0.3 is 0 Å². The highest BCUT2D eigenvalue weighted by Gasteiger charge is 2.32. The molecule has 1 aromatic rings. The third-order valence-electron chi connectivity index (χ3n) is 2.93. The maximum absolute atomic E-state index is 2.60. The van der Waals surface area contributed by atoms with E-state index >= 15 is 0 Å². The van der Waals surface area contributed by atoms with Crippen LogP contribution in [0, 0.1) is 0 Å². The van der Waals surface area contributed by atoms with Gasteiger partial charge in [0.25, 0.3) is 0 Å². The van der Waals surface area contributed by atoms with Gasteiger partial charge in [0, 0.05) is 19.1 Å². The summed E-state index contributed by atoms with van der Waals surface area (Å²) in [5.41, 5.74) is 3.09. The normalized spacial score (nSPS) is 20.9. The predicted octanol–water partition coefficient (Wildman–Crippen LogP) is 2.59. The van der Waals surface area contributed by atoms with Crippen LogP contribution in [0.2, 0.25) is 0 Å². The van der Waals surface area contributed by atoms with Gasteiger partial charge in [0.05, 0.1) is 0 Å². The second-order valence-corrected chi connectivity index (χ2v) is 3.90. The standard InChI is InChI=1S/C11H13N.ClH/c1-2-4-10-8-12(11-5-6-11)7-9(10)3-1;/h1-4,11H,5-8H2;1H. The maximum atomic E-state index is 2.60. The van der Waals surface area contributed by atoms with Crippen LogP contribution in [-0.4, -0.2) is 10.9 Å². The molecule has 1 fully saturated rings. The van der Waals surface area contributed by atoms with Gasteiger partial charge in [-0.25, -0.2) is 0 Å². The summed E-state index contributed by atoms with van der Waals surface area (Å²) in [4.78, 5) is 2.60. The van der Waals surface area contributed by atoms with Crippen molar-refractivity contribution in [3.05, 3.63) is 35.4 Å². The van der Waals surface area contributed by atoms with E-state index in [9.17, 15) is 0 Å². The van der Waals surface area contributed by atoms with Crippen LogP contribution in [0.1, 0.15) is 24.0 Å². The molecule has 2 heteroatoms. The smallest absolute Gasteiger partial charge is 0.0243 e. The highest BCUT2D eigenvalue weighted by atomic mass is 35.5. The Bertz CT molecular complexity index is 282. The second kappa shape index (κ2) is 3.32. The molecule has 0 atom stereocenters. The number of hydrogen-bond acceptors (Lipinski definition) is 1. The molecule has 1 saturated carbocycles. The zero-order valence-corrected chi connectivity index (χ0v) is 8.39. The molecular weight excluding hydrogens is 182 g/mol. The van der Waals surface area contributed by atoms with Crippen molar-refractivity contribution in [3.8, 4) is 0 Å². The first-order chi connectivity index (χ1) is 5.93. The molecule has 2 aliphatic rings. The molecule has 3 rings (SSSR count). The molecular formula is C11H14ClN. The second-order valence-electron chi connectivity index (χ2n) is 3.90. The summed E-state index contributed by atoms with van der Waals surface area (Å²) >= 11 is 0. The largest absolute Gasteiger partial charge is 0.292 e. The molecule has 0 radical (unpaired) electrons. The Morgan fingerprint density at radius 2 is 1.54 bits per heavy atom. The molecule has 1 aromatic carbocycles. The van der Waals surface area contributed by atoms with Crippen molar-refractivity contribution >= 4 is 12.4 Å². The van der Waals surface area contributed by atoms with Gasteiger partial charge in [-0.2, -0.15) is 0 Å². The van der Waals surface area contributed by atoms with Crippen LogP contribution in [0.4, 0.5) is 0 Å². The molecule has 13 heavy (non-hydrogen) atoms. The molecule has 1 heterocycles. The molecule has 70 valence electrons. The summed E-state index contributed by atoms with van der Waals surface area (Å²) in [6, 6.07) is 9.73. The van der Waals surface area contributed by atoms with E-state index in [4.69, 9.17) is 0 Å². The first-order valence-electron chi connectivity index (χ1n) is 4.74. The first kappa shape index (κ1) is 9.04. The summed E-state index contributed by atoms with van der Waals surface area (Å²) < 4.78 is 0. The van der Waals surface area contributed by atoms with E-state index in [1.807, 2.05) is 0 Å². The third kappa shape index (κ3) is 1.59. The Balaban J connectivity index is 0.000000653. The fraction of sp³-hybridized carbons (Fsp3) is 0.455. The molecule has 0 aromatic heterocycles. The Hall–Kier alpha value is -0.530. The van der Waals surface area contributed by atoms with E-state index in [2.05, 4.69) is 29.2 Å². The summed E-state index contributed by atoms with van der Waals surface area (Å²) in [7, 11) is 0. The summed E-state index contributed by atoms with van der Waals surface area (Å²) in [6.07, 6.45) is 2.85. The topological polar surface area (TPSA) is 3.24 Å². The molecule has 0 amide bonds. The minimum Gasteiger partial charge on any atom is -0.292 e. The zero-order chi connectivity index (χ0) is 7.97. The molecule has 1 aliphatic carbocycles. The average molecular weight is 196 g/mol. The average Bonchev–Trinajstić information content (AvgIpc) is 2.85. The zero-order valence-electron chi connectivity index (χ0n) is 7.57. The van der Waals surface area contributed by atoms with Crippen LogP contribution in [0.15, 0.2) is 24.3 Å². The Morgan fingerprint density at radius 3 is 2.00 bits per heavy atom. The predicted molar refractivity (Wildman–Crippen MR) is 56.0 cm³/mol.